The Bertz CT molecular complexity index is 952. The number of nitrogens with zero attached hydrogens (tertiary/aromatic N) is 3. The lowest BCUT2D eigenvalue weighted by molar-refractivity contribution is -0.153. The first-order valence-electron chi connectivity index (χ1n) is 12.0. The molecule has 2 aliphatic heterocycles. The Morgan fingerprint density at radius 1 is 0.939 bits per heavy atom. The average Bonchev–Trinajstić information content (AvgIpc) is 3.39. The molecule has 5 nitrogen and oxygen atoms in total. The van der Waals surface area contributed by atoms with Gasteiger partial charge in [0.05, 0.1) is 11.5 Å². The molecule has 5 rings (SSSR count). The van der Waals surface area contributed by atoms with Crippen LogP contribution in [0.4, 0.5) is 18.9 Å². The van der Waals surface area contributed by atoms with Gasteiger partial charge in [0.15, 0.2) is 0 Å². The standard InChI is InChI=1S/C25H30F3N3O2/c26-25(27,28)17-5-3-6-18(15-17)30-13-11-29(12-14-30)9-1-2-10-31-23(32)21-16-22(24(31)33)20-8-4-7-19(20)21/h3,5-7,15,20-22H,1-2,4,8-14,16H2. The molecule has 1 aromatic carbocycles. The number of likely N-dealkylation sites (tertiary alicyclic amines) is 1. The SMILES string of the molecule is O=C1C2CC(C(=O)N1CCCCN1CCN(c3cccc(C(F)(F)F)c3)CC1)C1CCC=C21. The fourth-order valence-corrected chi connectivity index (χ4v) is 6.08. The third kappa shape index (κ3) is 4.29. The molecule has 2 amide bonds. The highest BCUT2D eigenvalue weighted by Crippen LogP contribution is 2.51. The Morgan fingerprint density at radius 3 is 2.45 bits per heavy atom. The highest BCUT2D eigenvalue weighted by Gasteiger charge is 2.53. The van der Waals surface area contributed by atoms with E-state index < -0.39 is 11.7 Å². The minimum atomic E-state index is -4.33. The predicted molar refractivity (Wildman–Crippen MR) is 118 cm³/mol. The van der Waals surface area contributed by atoms with E-state index in [4.69, 9.17) is 0 Å². The summed E-state index contributed by atoms with van der Waals surface area (Å²) in [4.78, 5) is 31.6. The number of piperidine rings is 1. The average molecular weight is 462 g/mol. The van der Waals surface area contributed by atoms with Crippen LogP contribution in [0.1, 0.15) is 37.7 Å². The number of fused-ring (bicyclic) bond motifs is 5. The minimum absolute atomic E-state index is 0.00148. The molecule has 178 valence electrons. The number of anilines is 1. The molecule has 0 radical (unpaired) electrons. The zero-order chi connectivity index (χ0) is 23.2. The molecule has 33 heavy (non-hydrogen) atoms. The number of unbranched alkanes of at least 4 members (excludes halogenated alkanes) is 1. The third-order valence-corrected chi connectivity index (χ3v) is 7.83. The normalized spacial score (nSPS) is 27.8. The lowest BCUT2D eigenvalue weighted by Crippen LogP contribution is -2.48. The lowest BCUT2D eigenvalue weighted by atomic mass is 9.91. The molecule has 2 saturated heterocycles. The molecule has 2 aliphatic carbocycles. The first-order valence-corrected chi connectivity index (χ1v) is 12.0. The molecule has 1 saturated carbocycles. The number of rotatable bonds is 6. The van der Waals surface area contributed by atoms with Crippen molar-refractivity contribution in [1.82, 2.24) is 9.80 Å². The summed E-state index contributed by atoms with van der Waals surface area (Å²) in [6.45, 7) is 4.31. The van der Waals surface area contributed by atoms with Crippen LogP contribution >= 0.6 is 0 Å². The quantitative estimate of drug-likeness (QED) is 0.366. The maximum Gasteiger partial charge on any atom is 0.416 e. The number of amides is 2. The fraction of sp³-hybridized carbons (Fsp3) is 0.600. The second-order valence-corrected chi connectivity index (χ2v) is 9.69. The third-order valence-electron chi connectivity index (χ3n) is 7.83. The molecule has 0 aromatic heterocycles. The van der Waals surface area contributed by atoms with Gasteiger partial charge in [0.25, 0.3) is 0 Å². The number of alkyl halides is 3. The van der Waals surface area contributed by atoms with Crippen molar-refractivity contribution < 1.29 is 22.8 Å². The van der Waals surface area contributed by atoms with Gasteiger partial charge in [-0.2, -0.15) is 13.2 Å². The van der Waals surface area contributed by atoms with Crippen LogP contribution in [0.2, 0.25) is 0 Å². The van der Waals surface area contributed by atoms with E-state index in [1.807, 2.05) is 4.90 Å². The molecule has 1 aromatic rings. The Hall–Kier alpha value is -2.35. The maximum absolute atomic E-state index is 13.0. The summed E-state index contributed by atoms with van der Waals surface area (Å²) in [5, 5.41) is 0. The molecule has 8 heteroatoms. The number of hydrogen-bond donors (Lipinski definition) is 0. The Morgan fingerprint density at radius 2 is 1.70 bits per heavy atom. The summed E-state index contributed by atoms with van der Waals surface area (Å²) < 4.78 is 39.0. The van der Waals surface area contributed by atoms with E-state index in [0.29, 0.717) is 37.7 Å². The molecular formula is C25H30F3N3O2. The van der Waals surface area contributed by atoms with Crippen LogP contribution in [0, 0.1) is 17.8 Å². The molecule has 0 spiro atoms. The largest absolute Gasteiger partial charge is 0.416 e. The van der Waals surface area contributed by atoms with Crippen molar-refractivity contribution in [3.05, 3.63) is 41.5 Å². The van der Waals surface area contributed by atoms with Gasteiger partial charge in [0, 0.05) is 44.3 Å². The van der Waals surface area contributed by atoms with Crippen molar-refractivity contribution in [3.63, 3.8) is 0 Å². The molecule has 3 atom stereocenters. The first-order chi connectivity index (χ1) is 15.8. The highest BCUT2D eigenvalue weighted by molar-refractivity contribution is 6.03. The van der Waals surface area contributed by atoms with Crippen LogP contribution in [0.3, 0.4) is 0 Å². The topological polar surface area (TPSA) is 43.9 Å². The van der Waals surface area contributed by atoms with Crippen LogP contribution in [0.25, 0.3) is 0 Å². The van der Waals surface area contributed by atoms with Crippen LogP contribution in [-0.2, 0) is 15.8 Å². The zero-order valence-corrected chi connectivity index (χ0v) is 18.7. The number of carbonyl (C=O) groups excluding carboxylic acids is 2. The van der Waals surface area contributed by atoms with Gasteiger partial charge in [-0.25, -0.2) is 0 Å². The van der Waals surface area contributed by atoms with Crippen LogP contribution < -0.4 is 4.90 Å². The Balaban J connectivity index is 1.07. The van der Waals surface area contributed by atoms with Gasteiger partial charge < -0.3 is 4.90 Å². The molecule has 4 aliphatic rings. The maximum atomic E-state index is 13.0. The smallest absolute Gasteiger partial charge is 0.369 e. The monoisotopic (exact) mass is 461 g/mol. The van der Waals surface area contributed by atoms with Crippen LogP contribution in [0.5, 0.6) is 0 Å². The molecule has 3 unspecified atom stereocenters. The Labute approximate surface area is 192 Å². The van der Waals surface area contributed by atoms with Crippen LogP contribution in [0.15, 0.2) is 35.9 Å². The number of benzene rings is 1. The summed E-state index contributed by atoms with van der Waals surface area (Å²) >= 11 is 0. The number of carbonyl (C=O) groups is 2. The lowest BCUT2D eigenvalue weighted by Gasteiger charge is -2.36. The highest BCUT2D eigenvalue weighted by atomic mass is 19.4. The second-order valence-electron chi connectivity index (χ2n) is 9.69. The van der Waals surface area contributed by atoms with E-state index in [9.17, 15) is 22.8 Å². The van der Waals surface area contributed by atoms with Gasteiger partial charge in [-0.15, -0.1) is 0 Å². The number of hydrogen-bond acceptors (Lipinski definition) is 4. The second kappa shape index (κ2) is 8.78. The van der Waals surface area contributed by atoms with E-state index >= 15 is 0 Å². The number of allylic oxidation sites excluding steroid dienone is 1. The summed E-state index contributed by atoms with van der Waals surface area (Å²) in [6, 6.07) is 5.52. The predicted octanol–water partition coefficient (Wildman–Crippen LogP) is 3.95. The van der Waals surface area contributed by atoms with Crippen molar-refractivity contribution in [3.8, 4) is 0 Å². The number of imide groups is 1. The Kier molecular flexibility index (Phi) is 5.97. The first kappa shape index (κ1) is 22.4. The molecular weight excluding hydrogens is 431 g/mol. The summed E-state index contributed by atoms with van der Waals surface area (Å²) in [6.07, 6.45) is 2.25. The van der Waals surface area contributed by atoms with Gasteiger partial charge in [0.1, 0.15) is 0 Å². The van der Waals surface area contributed by atoms with E-state index in [2.05, 4.69) is 11.0 Å². The molecule has 2 heterocycles. The van der Waals surface area contributed by atoms with E-state index in [1.54, 1.807) is 6.07 Å². The molecule has 0 N–H and O–H groups in total. The van der Waals surface area contributed by atoms with Crippen molar-refractivity contribution in [2.45, 2.75) is 38.3 Å². The van der Waals surface area contributed by atoms with Crippen LogP contribution in [-0.4, -0.2) is 60.9 Å². The van der Waals surface area contributed by atoms with Crippen molar-refractivity contribution in [2.24, 2.45) is 17.8 Å². The van der Waals surface area contributed by atoms with Gasteiger partial charge in [0.2, 0.25) is 11.8 Å². The van der Waals surface area contributed by atoms with Crippen molar-refractivity contribution in [2.75, 3.05) is 44.2 Å². The van der Waals surface area contributed by atoms with E-state index in [1.165, 1.54) is 22.6 Å². The zero-order valence-electron chi connectivity index (χ0n) is 18.7. The number of piperazine rings is 1. The number of halogens is 3. The summed E-state index contributed by atoms with van der Waals surface area (Å²) in [5.74, 6) is 0.266. The summed E-state index contributed by atoms with van der Waals surface area (Å²) in [7, 11) is 0. The minimum Gasteiger partial charge on any atom is -0.369 e. The summed E-state index contributed by atoms with van der Waals surface area (Å²) in [5.41, 5.74) is 1.22. The van der Waals surface area contributed by atoms with E-state index in [0.717, 1.165) is 51.4 Å². The van der Waals surface area contributed by atoms with Gasteiger partial charge in [-0.1, -0.05) is 17.7 Å². The van der Waals surface area contributed by atoms with Crippen molar-refractivity contribution in [1.29, 1.82) is 0 Å². The molecule has 2 bridgehead atoms. The van der Waals surface area contributed by atoms with Gasteiger partial charge in [-0.3, -0.25) is 19.4 Å². The van der Waals surface area contributed by atoms with Crippen molar-refractivity contribution >= 4 is 17.5 Å². The van der Waals surface area contributed by atoms with E-state index in [-0.39, 0.29) is 23.7 Å². The van der Waals surface area contributed by atoms with Gasteiger partial charge >= 0.3 is 6.18 Å². The fourth-order valence-electron chi connectivity index (χ4n) is 6.08. The van der Waals surface area contributed by atoms with Gasteiger partial charge in [-0.05, 0) is 62.8 Å². The molecule has 3 fully saturated rings.